The van der Waals surface area contributed by atoms with Crippen LogP contribution in [0.1, 0.15) is 50.7 Å². The summed E-state index contributed by atoms with van der Waals surface area (Å²) in [6.45, 7) is 8.72. The lowest BCUT2D eigenvalue weighted by atomic mass is 10.0. The van der Waals surface area contributed by atoms with Gasteiger partial charge in [-0.05, 0) is 50.9 Å². The second-order valence-electron chi connectivity index (χ2n) is 7.50. The van der Waals surface area contributed by atoms with Gasteiger partial charge in [-0.25, -0.2) is 18.1 Å². The molecule has 0 spiro atoms. The van der Waals surface area contributed by atoms with E-state index in [-0.39, 0.29) is 29.7 Å². The van der Waals surface area contributed by atoms with Gasteiger partial charge in [-0.1, -0.05) is 37.6 Å². The number of sulfonamides is 1. The van der Waals surface area contributed by atoms with Crippen LogP contribution in [-0.2, 0) is 22.3 Å². The minimum atomic E-state index is -3.27. The second kappa shape index (κ2) is 14.2. The fraction of sp³-hybridized carbons (Fsp3) is 0.667. The molecule has 0 saturated carbocycles. The fourth-order valence-electron chi connectivity index (χ4n) is 3.76. The molecule has 0 aliphatic carbocycles. The number of aliphatic imine (C=N–C) groups is 1. The maximum atomic E-state index is 11.8. The monoisotopic (exact) mass is 551 g/mol. The van der Waals surface area contributed by atoms with E-state index in [4.69, 9.17) is 0 Å². The molecule has 30 heavy (non-hydrogen) atoms. The third-order valence-corrected chi connectivity index (χ3v) is 6.67. The summed E-state index contributed by atoms with van der Waals surface area (Å²) in [7, 11) is -1.84. The minimum Gasteiger partial charge on any atom is -0.357 e. The molecule has 172 valence electrons. The van der Waals surface area contributed by atoms with Crippen LogP contribution in [0.3, 0.4) is 0 Å². The topological polar surface area (TPSA) is 85.8 Å². The number of halogens is 1. The summed E-state index contributed by atoms with van der Waals surface area (Å²) in [6, 6.07) is 8.30. The number of nitrogens with one attached hydrogen (secondary N) is 3. The first-order valence-electron chi connectivity index (χ1n) is 10.7. The van der Waals surface area contributed by atoms with E-state index in [0.717, 1.165) is 36.7 Å². The zero-order valence-corrected chi connectivity index (χ0v) is 21.6. The van der Waals surface area contributed by atoms with E-state index in [1.54, 1.807) is 0 Å². The van der Waals surface area contributed by atoms with Gasteiger partial charge >= 0.3 is 0 Å². The molecule has 0 aromatic heterocycles. The standard InChI is InChI=1S/C21H37N5O2S.HI/c1-4-20-11-6-7-13-26(20)14-12-24-21(23-5-2)25-16-18-9-8-10-19(15-18)17-29(27,28)22-3;/h8-10,15,20,22H,4-7,11-14,16-17H2,1-3H3,(H2,23,24,25);1H. The normalized spacial score (nSPS) is 18.0. The molecule has 1 atom stereocenters. The summed E-state index contributed by atoms with van der Waals surface area (Å²) in [6.07, 6.45) is 5.17. The molecule has 1 fully saturated rings. The highest BCUT2D eigenvalue weighted by atomic mass is 127. The second-order valence-corrected chi connectivity index (χ2v) is 9.43. The molecule has 1 saturated heterocycles. The van der Waals surface area contributed by atoms with Crippen molar-refractivity contribution >= 4 is 40.0 Å². The summed E-state index contributed by atoms with van der Waals surface area (Å²) < 4.78 is 25.9. The lowest BCUT2D eigenvalue weighted by Gasteiger charge is -2.35. The predicted molar refractivity (Wildman–Crippen MR) is 136 cm³/mol. The van der Waals surface area contributed by atoms with Gasteiger partial charge in [-0.2, -0.15) is 0 Å². The summed E-state index contributed by atoms with van der Waals surface area (Å²) in [5.74, 6) is 0.777. The van der Waals surface area contributed by atoms with Gasteiger partial charge in [0.05, 0.1) is 12.3 Å². The third-order valence-electron chi connectivity index (χ3n) is 5.33. The Morgan fingerprint density at radius 3 is 2.67 bits per heavy atom. The van der Waals surface area contributed by atoms with Crippen LogP contribution >= 0.6 is 24.0 Å². The Bertz CT molecular complexity index is 758. The van der Waals surface area contributed by atoms with Crippen LogP contribution in [0.2, 0.25) is 0 Å². The van der Waals surface area contributed by atoms with Crippen LogP contribution in [-0.4, -0.2) is 58.5 Å². The van der Waals surface area contributed by atoms with Crippen LogP contribution in [0.25, 0.3) is 0 Å². The van der Waals surface area contributed by atoms with Crippen molar-refractivity contribution in [3.8, 4) is 0 Å². The fourth-order valence-corrected chi connectivity index (χ4v) is 4.52. The smallest absolute Gasteiger partial charge is 0.215 e. The number of guanidine groups is 1. The van der Waals surface area contributed by atoms with Crippen molar-refractivity contribution in [2.75, 3.05) is 33.2 Å². The molecule has 1 heterocycles. The average molecular weight is 552 g/mol. The maximum absolute atomic E-state index is 11.8. The molecule has 1 aromatic carbocycles. The third kappa shape index (κ3) is 9.49. The van der Waals surface area contributed by atoms with E-state index in [2.05, 4.69) is 39.1 Å². The minimum absolute atomic E-state index is 0. The van der Waals surface area contributed by atoms with E-state index in [0.29, 0.717) is 12.6 Å². The van der Waals surface area contributed by atoms with E-state index in [1.807, 2.05) is 24.3 Å². The Morgan fingerprint density at radius 1 is 1.20 bits per heavy atom. The largest absolute Gasteiger partial charge is 0.357 e. The molecule has 9 heteroatoms. The number of hydrogen-bond donors (Lipinski definition) is 3. The van der Waals surface area contributed by atoms with E-state index < -0.39 is 10.0 Å². The zero-order chi connectivity index (χ0) is 21.1. The highest BCUT2D eigenvalue weighted by Crippen LogP contribution is 2.18. The van der Waals surface area contributed by atoms with Gasteiger partial charge in [0.1, 0.15) is 0 Å². The van der Waals surface area contributed by atoms with E-state index >= 15 is 0 Å². The van der Waals surface area contributed by atoms with Crippen molar-refractivity contribution < 1.29 is 8.42 Å². The first kappa shape index (κ1) is 27.1. The quantitative estimate of drug-likeness (QED) is 0.237. The Balaban J connectivity index is 0.00000450. The SMILES string of the molecule is CCNC(=NCc1cccc(CS(=O)(=O)NC)c1)NCCN1CCCCC1CC.I. The van der Waals surface area contributed by atoms with Crippen LogP contribution in [0.5, 0.6) is 0 Å². The number of hydrogen-bond acceptors (Lipinski definition) is 4. The first-order chi connectivity index (χ1) is 14.0. The summed E-state index contributed by atoms with van der Waals surface area (Å²) in [5.41, 5.74) is 1.76. The van der Waals surface area contributed by atoms with Gasteiger partial charge in [0.25, 0.3) is 0 Å². The molecule has 1 aliphatic heterocycles. The first-order valence-corrected chi connectivity index (χ1v) is 12.4. The van der Waals surface area contributed by atoms with Crippen molar-refractivity contribution in [2.45, 2.75) is 57.9 Å². The van der Waals surface area contributed by atoms with E-state index in [1.165, 1.54) is 39.3 Å². The highest BCUT2D eigenvalue weighted by Gasteiger charge is 2.19. The molecule has 0 radical (unpaired) electrons. The molecule has 1 aromatic rings. The molecular formula is C21H38IN5O2S. The van der Waals surface area contributed by atoms with Gasteiger partial charge in [0.15, 0.2) is 5.96 Å². The molecule has 1 unspecified atom stereocenters. The Labute approximate surface area is 199 Å². The van der Waals surface area contributed by atoms with Crippen molar-refractivity contribution in [2.24, 2.45) is 4.99 Å². The number of benzene rings is 1. The molecule has 0 amide bonds. The zero-order valence-electron chi connectivity index (χ0n) is 18.5. The van der Waals surface area contributed by atoms with Crippen molar-refractivity contribution in [1.82, 2.24) is 20.3 Å². The van der Waals surface area contributed by atoms with Crippen LogP contribution in [0.4, 0.5) is 0 Å². The van der Waals surface area contributed by atoms with Gasteiger partial charge in [0, 0.05) is 25.7 Å². The van der Waals surface area contributed by atoms with Gasteiger partial charge < -0.3 is 10.6 Å². The molecule has 7 nitrogen and oxygen atoms in total. The van der Waals surface area contributed by atoms with E-state index in [9.17, 15) is 8.42 Å². The molecule has 3 N–H and O–H groups in total. The van der Waals surface area contributed by atoms with Crippen LogP contribution < -0.4 is 15.4 Å². The molecular weight excluding hydrogens is 513 g/mol. The Hall–Kier alpha value is -0.910. The van der Waals surface area contributed by atoms with Gasteiger partial charge in [-0.15, -0.1) is 24.0 Å². The number of piperidine rings is 1. The van der Waals surface area contributed by atoms with Gasteiger partial charge in [-0.3, -0.25) is 4.90 Å². The average Bonchev–Trinajstić information content (AvgIpc) is 2.72. The summed E-state index contributed by atoms with van der Waals surface area (Å²) in [5, 5.41) is 6.73. The predicted octanol–water partition coefficient (Wildman–Crippen LogP) is 2.67. The molecule has 1 aliphatic rings. The Morgan fingerprint density at radius 2 is 1.97 bits per heavy atom. The number of rotatable bonds is 10. The Kier molecular flexibility index (Phi) is 12.8. The highest BCUT2D eigenvalue weighted by molar-refractivity contribution is 14.0. The van der Waals surface area contributed by atoms with Crippen LogP contribution in [0.15, 0.2) is 29.3 Å². The molecule has 0 bridgehead atoms. The van der Waals surface area contributed by atoms with Crippen molar-refractivity contribution in [3.05, 3.63) is 35.4 Å². The number of nitrogens with zero attached hydrogens (tertiary/aromatic N) is 2. The van der Waals surface area contributed by atoms with Crippen LogP contribution in [0, 0.1) is 0 Å². The van der Waals surface area contributed by atoms with Crippen molar-refractivity contribution in [3.63, 3.8) is 0 Å². The lowest BCUT2D eigenvalue weighted by molar-refractivity contribution is 0.147. The maximum Gasteiger partial charge on any atom is 0.215 e. The summed E-state index contributed by atoms with van der Waals surface area (Å²) >= 11 is 0. The number of likely N-dealkylation sites (tertiary alicyclic amines) is 1. The molecule has 2 rings (SSSR count). The summed E-state index contributed by atoms with van der Waals surface area (Å²) in [4.78, 5) is 7.26. The van der Waals surface area contributed by atoms with Crippen molar-refractivity contribution in [1.29, 1.82) is 0 Å². The lowest BCUT2D eigenvalue weighted by Crippen LogP contribution is -2.45. The van der Waals surface area contributed by atoms with Gasteiger partial charge in [0.2, 0.25) is 10.0 Å².